The lowest BCUT2D eigenvalue weighted by Gasteiger charge is -2.27. The second-order valence-corrected chi connectivity index (χ2v) is 15.4. The highest BCUT2D eigenvalue weighted by atomic mass is 15.1. The van der Waals surface area contributed by atoms with Crippen LogP contribution in [0, 0.1) is 0 Å². The first-order valence-electron chi connectivity index (χ1n) is 21.2. The maximum atomic E-state index is 2.35. The number of nitrogens with zero attached hydrogens (tertiary/aromatic N) is 2. The summed E-state index contributed by atoms with van der Waals surface area (Å²) in [5.41, 5.74) is 18.5. The van der Waals surface area contributed by atoms with E-state index >= 15 is 0 Å². The molecule has 0 radical (unpaired) electrons. The molecule has 294 valence electrons. The summed E-state index contributed by atoms with van der Waals surface area (Å²) in [6.45, 7) is 0. The molecule has 0 aliphatic rings. The van der Waals surface area contributed by atoms with Gasteiger partial charge in [-0.05, 0) is 128 Å². The quantitative estimate of drug-likeness (QED) is 0.129. The standard InChI is InChI=1S/C60H44N2/c1-6-16-45(17-7-1)47-26-34-54(35-27-47)61(55-36-28-48(29-37-55)46-18-8-2-9-19-46)56-38-30-49(31-39-56)50-32-40-57(41-33-50)62(53-24-14-5-15-25-53)58-42-43-59(51-20-10-3-11-21-51)60(44-58)52-22-12-4-13-23-52/h1-44H. The van der Waals surface area contributed by atoms with Gasteiger partial charge in [0, 0.05) is 34.1 Å². The van der Waals surface area contributed by atoms with Crippen molar-refractivity contribution in [2.45, 2.75) is 0 Å². The van der Waals surface area contributed by atoms with Crippen LogP contribution >= 0.6 is 0 Å². The highest BCUT2D eigenvalue weighted by molar-refractivity contribution is 5.89. The van der Waals surface area contributed by atoms with Crippen LogP contribution < -0.4 is 9.80 Å². The number of anilines is 6. The van der Waals surface area contributed by atoms with E-state index in [-0.39, 0.29) is 0 Å². The number of hydrogen-bond acceptors (Lipinski definition) is 2. The van der Waals surface area contributed by atoms with Gasteiger partial charge in [-0.3, -0.25) is 0 Å². The molecule has 2 heteroatoms. The zero-order valence-electron chi connectivity index (χ0n) is 34.3. The van der Waals surface area contributed by atoms with Crippen LogP contribution in [0.3, 0.4) is 0 Å². The molecule has 0 aliphatic heterocycles. The van der Waals surface area contributed by atoms with E-state index in [0.717, 1.165) is 45.3 Å². The molecule has 0 fully saturated rings. The maximum Gasteiger partial charge on any atom is 0.0468 e. The summed E-state index contributed by atoms with van der Waals surface area (Å²) in [5.74, 6) is 0. The monoisotopic (exact) mass is 792 g/mol. The van der Waals surface area contributed by atoms with Gasteiger partial charge in [0.25, 0.3) is 0 Å². The fraction of sp³-hybridized carbons (Fsp3) is 0. The average molecular weight is 793 g/mol. The SMILES string of the molecule is c1ccc(-c2ccc(N(c3ccc(-c4ccccc4)cc3)c3ccc(-c4ccc(N(c5ccccc5)c5ccc(-c6ccccc6)c(-c6ccccc6)c5)cc4)cc3)cc2)cc1. The van der Waals surface area contributed by atoms with Crippen molar-refractivity contribution in [1.29, 1.82) is 0 Å². The third kappa shape index (κ3) is 8.06. The Morgan fingerprint density at radius 1 is 0.161 bits per heavy atom. The van der Waals surface area contributed by atoms with Crippen molar-refractivity contribution in [3.8, 4) is 55.6 Å². The van der Waals surface area contributed by atoms with Crippen LogP contribution in [0.4, 0.5) is 34.1 Å². The molecule has 0 spiro atoms. The van der Waals surface area contributed by atoms with Crippen molar-refractivity contribution >= 4 is 34.1 Å². The predicted molar refractivity (Wildman–Crippen MR) is 263 cm³/mol. The summed E-state index contributed by atoms with van der Waals surface area (Å²) in [4.78, 5) is 4.68. The molecule has 0 N–H and O–H groups in total. The Balaban J connectivity index is 0.980. The molecule has 2 nitrogen and oxygen atoms in total. The van der Waals surface area contributed by atoms with Crippen molar-refractivity contribution in [1.82, 2.24) is 0 Å². The predicted octanol–water partition coefficient (Wildman–Crippen LogP) is 17.0. The molecule has 0 aromatic heterocycles. The van der Waals surface area contributed by atoms with Crippen molar-refractivity contribution in [3.05, 3.63) is 267 Å². The number of rotatable bonds is 11. The van der Waals surface area contributed by atoms with Gasteiger partial charge in [-0.1, -0.05) is 194 Å². The van der Waals surface area contributed by atoms with Crippen LogP contribution in [0.5, 0.6) is 0 Å². The summed E-state index contributed by atoms with van der Waals surface area (Å²) in [6.07, 6.45) is 0. The van der Waals surface area contributed by atoms with E-state index in [1.54, 1.807) is 0 Å². The minimum Gasteiger partial charge on any atom is -0.311 e. The Hall–Kier alpha value is -8.20. The Kier molecular flexibility index (Phi) is 10.8. The molecular formula is C60H44N2. The van der Waals surface area contributed by atoms with Gasteiger partial charge in [0.05, 0.1) is 0 Å². The normalized spacial score (nSPS) is 10.9. The topological polar surface area (TPSA) is 6.48 Å². The Labute approximate surface area is 364 Å². The van der Waals surface area contributed by atoms with Gasteiger partial charge in [-0.25, -0.2) is 0 Å². The molecule has 0 heterocycles. The van der Waals surface area contributed by atoms with E-state index in [4.69, 9.17) is 0 Å². The van der Waals surface area contributed by atoms with Crippen molar-refractivity contribution in [2.75, 3.05) is 9.80 Å². The Morgan fingerprint density at radius 2 is 0.403 bits per heavy atom. The Morgan fingerprint density at radius 3 is 0.758 bits per heavy atom. The lowest BCUT2D eigenvalue weighted by molar-refractivity contribution is 1.28. The molecule has 0 unspecified atom stereocenters. The molecular weight excluding hydrogens is 749 g/mol. The summed E-state index contributed by atoms with van der Waals surface area (Å²) in [6, 6.07) is 95.5. The fourth-order valence-corrected chi connectivity index (χ4v) is 8.34. The van der Waals surface area contributed by atoms with Crippen LogP contribution in [-0.4, -0.2) is 0 Å². The molecule has 0 saturated heterocycles. The van der Waals surface area contributed by atoms with Gasteiger partial charge in [0.2, 0.25) is 0 Å². The average Bonchev–Trinajstić information content (AvgIpc) is 3.36. The highest BCUT2D eigenvalue weighted by Gasteiger charge is 2.18. The highest BCUT2D eigenvalue weighted by Crippen LogP contribution is 2.42. The van der Waals surface area contributed by atoms with Gasteiger partial charge in [0.1, 0.15) is 0 Å². The number of hydrogen-bond donors (Lipinski definition) is 0. The first-order valence-corrected chi connectivity index (χ1v) is 21.2. The molecule has 0 saturated carbocycles. The fourth-order valence-electron chi connectivity index (χ4n) is 8.34. The summed E-state index contributed by atoms with van der Waals surface area (Å²) in [5, 5.41) is 0. The van der Waals surface area contributed by atoms with E-state index in [1.165, 1.54) is 44.5 Å². The summed E-state index contributed by atoms with van der Waals surface area (Å²) < 4.78 is 0. The second-order valence-electron chi connectivity index (χ2n) is 15.4. The van der Waals surface area contributed by atoms with Crippen molar-refractivity contribution in [2.24, 2.45) is 0 Å². The van der Waals surface area contributed by atoms with E-state index in [0.29, 0.717) is 0 Å². The van der Waals surface area contributed by atoms with Crippen molar-refractivity contribution in [3.63, 3.8) is 0 Å². The zero-order valence-corrected chi connectivity index (χ0v) is 34.3. The molecule has 10 aromatic carbocycles. The van der Waals surface area contributed by atoms with Gasteiger partial charge >= 0.3 is 0 Å². The van der Waals surface area contributed by atoms with Gasteiger partial charge in [-0.15, -0.1) is 0 Å². The molecule has 0 amide bonds. The third-order valence-electron chi connectivity index (χ3n) is 11.5. The molecule has 0 atom stereocenters. The van der Waals surface area contributed by atoms with Crippen LogP contribution in [0.2, 0.25) is 0 Å². The molecule has 62 heavy (non-hydrogen) atoms. The first kappa shape index (κ1) is 38.0. The summed E-state index contributed by atoms with van der Waals surface area (Å²) >= 11 is 0. The van der Waals surface area contributed by atoms with E-state index < -0.39 is 0 Å². The second kappa shape index (κ2) is 17.6. The number of benzene rings is 10. The van der Waals surface area contributed by atoms with Crippen LogP contribution in [0.1, 0.15) is 0 Å². The lowest BCUT2D eigenvalue weighted by atomic mass is 9.93. The Bertz CT molecular complexity index is 2900. The minimum absolute atomic E-state index is 1.09. The lowest BCUT2D eigenvalue weighted by Crippen LogP contribution is -2.10. The molecule has 10 rings (SSSR count). The van der Waals surface area contributed by atoms with Crippen LogP contribution in [-0.2, 0) is 0 Å². The molecule has 10 aromatic rings. The zero-order chi connectivity index (χ0) is 41.5. The smallest absolute Gasteiger partial charge is 0.0468 e. The minimum atomic E-state index is 1.09. The van der Waals surface area contributed by atoms with E-state index in [2.05, 4.69) is 277 Å². The van der Waals surface area contributed by atoms with E-state index in [9.17, 15) is 0 Å². The van der Waals surface area contributed by atoms with Crippen LogP contribution in [0.15, 0.2) is 267 Å². The first-order chi connectivity index (χ1) is 30.7. The molecule has 0 bridgehead atoms. The van der Waals surface area contributed by atoms with Crippen LogP contribution in [0.25, 0.3) is 55.6 Å². The van der Waals surface area contributed by atoms with Gasteiger partial charge in [0.15, 0.2) is 0 Å². The number of para-hydroxylation sites is 1. The summed E-state index contributed by atoms with van der Waals surface area (Å²) in [7, 11) is 0. The maximum absolute atomic E-state index is 2.35. The van der Waals surface area contributed by atoms with Gasteiger partial charge < -0.3 is 9.80 Å². The van der Waals surface area contributed by atoms with Gasteiger partial charge in [-0.2, -0.15) is 0 Å². The third-order valence-corrected chi connectivity index (χ3v) is 11.5. The van der Waals surface area contributed by atoms with Crippen molar-refractivity contribution < 1.29 is 0 Å². The largest absolute Gasteiger partial charge is 0.311 e. The molecule has 0 aliphatic carbocycles. The van der Waals surface area contributed by atoms with E-state index in [1.807, 2.05) is 0 Å².